The summed E-state index contributed by atoms with van der Waals surface area (Å²) in [7, 11) is 0. The molecule has 0 amide bonds. The van der Waals surface area contributed by atoms with Crippen molar-refractivity contribution >= 4 is 0 Å². The lowest BCUT2D eigenvalue weighted by atomic mass is 10.2. The second-order valence-corrected chi connectivity index (χ2v) is 4.48. The number of halogens is 4. The summed E-state index contributed by atoms with van der Waals surface area (Å²) in [6.45, 7) is 2.50. The van der Waals surface area contributed by atoms with Crippen LogP contribution in [-0.2, 0) is 6.18 Å². The predicted molar refractivity (Wildman–Crippen MR) is 65.9 cm³/mol. The average Bonchev–Trinajstić information content (AvgIpc) is 2.35. The van der Waals surface area contributed by atoms with Crippen LogP contribution in [0.15, 0.2) is 23.0 Å². The summed E-state index contributed by atoms with van der Waals surface area (Å²) >= 11 is 0. The highest BCUT2D eigenvalue weighted by atomic mass is 19.4. The first-order chi connectivity index (χ1) is 9.61. The second kappa shape index (κ2) is 4.87. The molecule has 0 unspecified atom stereocenters. The van der Waals surface area contributed by atoms with Crippen molar-refractivity contribution in [2.45, 2.75) is 20.0 Å². The number of aryl methyl sites for hydroxylation is 2. The first kappa shape index (κ1) is 15.0. The van der Waals surface area contributed by atoms with Crippen molar-refractivity contribution in [3.63, 3.8) is 0 Å². The Morgan fingerprint density at radius 1 is 1.19 bits per heavy atom. The maximum Gasteiger partial charge on any atom is 0.418 e. The molecule has 0 radical (unpaired) electrons. The lowest BCUT2D eigenvalue weighted by Gasteiger charge is -2.12. The molecule has 0 aliphatic carbocycles. The Labute approximate surface area is 116 Å². The first-order valence-electron chi connectivity index (χ1n) is 5.79. The average molecular weight is 302 g/mol. The molecule has 0 aliphatic heterocycles. The maximum absolute atomic E-state index is 13.8. The summed E-state index contributed by atoms with van der Waals surface area (Å²) in [6.07, 6.45) is -4.72. The molecule has 8 heteroatoms. The smallest absolute Gasteiger partial charge is 0.418 e. The molecular formula is C13H10F4N2O2. The normalized spacial score (nSPS) is 11.7. The standard InChI is InChI=1S/C13H10F4N2O2/c1-6-3-9(14)10(5-11(6)20)19-12(21)4-8(7(2)18-19)13(15,16)17/h3-5,20H,1-2H3. The van der Waals surface area contributed by atoms with Crippen LogP contribution in [0.3, 0.4) is 0 Å². The molecule has 4 nitrogen and oxygen atoms in total. The molecule has 2 rings (SSSR count). The minimum Gasteiger partial charge on any atom is -0.508 e. The molecule has 2 aromatic rings. The molecule has 0 spiro atoms. The SMILES string of the molecule is Cc1cc(F)c(-n2nc(C)c(C(F)(F)F)cc2=O)cc1O. The quantitative estimate of drug-likeness (QED) is 0.824. The van der Waals surface area contributed by atoms with Crippen LogP contribution in [0.25, 0.3) is 5.69 Å². The van der Waals surface area contributed by atoms with E-state index < -0.39 is 34.5 Å². The van der Waals surface area contributed by atoms with Gasteiger partial charge < -0.3 is 5.11 Å². The van der Waals surface area contributed by atoms with Crippen molar-refractivity contribution in [1.29, 1.82) is 0 Å². The third-order valence-corrected chi connectivity index (χ3v) is 2.92. The van der Waals surface area contributed by atoms with Crippen LogP contribution in [0.5, 0.6) is 5.75 Å². The fourth-order valence-electron chi connectivity index (χ4n) is 1.81. The number of phenols is 1. The van der Waals surface area contributed by atoms with Gasteiger partial charge in [-0.3, -0.25) is 4.79 Å². The molecule has 0 bridgehead atoms. The van der Waals surface area contributed by atoms with Gasteiger partial charge in [0.2, 0.25) is 0 Å². The number of hydrogen-bond acceptors (Lipinski definition) is 3. The lowest BCUT2D eigenvalue weighted by Crippen LogP contribution is -2.26. The van der Waals surface area contributed by atoms with E-state index >= 15 is 0 Å². The van der Waals surface area contributed by atoms with E-state index in [2.05, 4.69) is 5.10 Å². The minimum atomic E-state index is -4.72. The monoisotopic (exact) mass is 302 g/mol. The van der Waals surface area contributed by atoms with Crippen molar-refractivity contribution in [2.75, 3.05) is 0 Å². The van der Waals surface area contributed by atoms with Crippen LogP contribution < -0.4 is 5.56 Å². The summed E-state index contributed by atoms with van der Waals surface area (Å²) in [4.78, 5) is 11.7. The van der Waals surface area contributed by atoms with E-state index in [-0.39, 0.29) is 11.3 Å². The van der Waals surface area contributed by atoms with Gasteiger partial charge in [-0.25, -0.2) is 4.39 Å². The van der Waals surface area contributed by atoms with E-state index in [0.29, 0.717) is 10.7 Å². The van der Waals surface area contributed by atoms with Crippen molar-refractivity contribution < 1.29 is 22.7 Å². The van der Waals surface area contributed by atoms with E-state index in [9.17, 15) is 27.5 Å². The van der Waals surface area contributed by atoms with Crippen molar-refractivity contribution in [3.05, 3.63) is 51.2 Å². The van der Waals surface area contributed by atoms with E-state index in [1.54, 1.807) is 0 Å². The molecule has 1 heterocycles. The zero-order valence-corrected chi connectivity index (χ0v) is 11.0. The van der Waals surface area contributed by atoms with Gasteiger partial charge in [0.25, 0.3) is 5.56 Å². The summed E-state index contributed by atoms with van der Waals surface area (Å²) in [6, 6.07) is 2.25. The molecule has 0 fully saturated rings. The number of alkyl halides is 3. The Hall–Kier alpha value is -2.38. The zero-order valence-electron chi connectivity index (χ0n) is 11.0. The first-order valence-corrected chi connectivity index (χ1v) is 5.79. The number of phenolic OH excluding ortho intramolecular Hbond substituents is 1. The van der Waals surface area contributed by atoms with E-state index in [4.69, 9.17) is 0 Å². The maximum atomic E-state index is 13.8. The van der Waals surface area contributed by atoms with E-state index in [0.717, 1.165) is 19.1 Å². The lowest BCUT2D eigenvalue weighted by molar-refractivity contribution is -0.138. The molecule has 0 saturated heterocycles. The van der Waals surface area contributed by atoms with Crippen molar-refractivity contribution in [1.82, 2.24) is 9.78 Å². The topological polar surface area (TPSA) is 55.1 Å². The number of aromatic nitrogens is 2. The highest BCUT2D eigenvalue weighted by Crippen LogP contribution is 2.30. The van der Waals surface area contributed by atoms with Crippen LogP contribution in [0.1, 0.15) is 16.8 Å². The van der Waals surface area contributed by atoms with Gasteiger partial charge in [-0.15, -0.1) is 0 Å². The van der Waals surface area contributed by atoms with Crippen LogP contribution in [0.4, 0.5) is 17.6 Å². The number of nitrogens with zero attached hydrogens (tertiary/aromatic N) is 2. The van der Waals surface area contributed by atoms with Gasteiger partial charge in [0.05, 0.1) is 11.3 Å². The Balaban J connectivity index is 2.70. The summed E-state index contributed by atoms with van der Waals surface area (Å²) < 4.78 is 52.3. The fraction of sp³-hybridized carbons (Fsp3) is 0.231. The number of rotatable bonds is 1. The van der Waals surface area contributed by atoms with Gasteiger partial charge in [-0.2, -0.15) is 23.0 Å². The summed E-state index contributed by atoms with van der Waals surface area (Å²) in [5.41, 5.74) is -2.98. The molecule has 1 aromatic carbocycles. The molecule has 1 N–H and O–H groups in total. The van der Waals surface area contributed by atoms with E-state index in [1.807, 2.05) is 0 Å². The van der Waals surface area contributed by atoms with Gasteiger partial charge in [0.15, 0.2) is 0 Å². The van der Waals surface area contributed by atoms with E-state index in [1.165, 1.54) is 6.92 Å². The zero-order chi connectivity index (χ0) is 15.9. The Bertz CT molecular complexity index is 766. The fourth-order valence-corrected chi connectivity index (χ4v) is 1.81. The third kappa shape index (κ3) is 2.74. The molecule has 0 aliphatic rings. The molecule has 112 valence electrons. The van der Waals surface area contributed by atoms with Crippen molar-refractivity contribution in [2.24, 2.45) is 0 Å². The minimum absolute atomic E-state index is 0.230. The van der Waals surface area contributed by atoms with Gasteiger partial charge in [-0.05, 0) is 25.5 Å². The molecular weight excluding hydrogens is 292 g/mol. The number of benzene rings is 1. The molecule has 0 atom stereocenters. The Morgan fingerprint density at radius 2 is 1.81 bits per heavy atom. The summed E-state index contributed by atoms with van der Waals surface area (Å²) in [5, 5.41) is 13.0. The van der Waals surface area contributed by atoms with Crippen LogP contribution in [0, 0.1) is 19.7 Å². The van der Waals surface area contributed by atoms with Gasteiger partial charge in [0, 0.05) is 12.1 Å². The highest BCUT2D eigenvalue weighted by Gasteiger charge is 2.34. The number of hydrogen-bond donors (Lipinski definition) is 1. The van der Waals surface area contributed by atoms with Gasteiger partial charge >= 0.3 is 6.18 Å². The molecule has 1 aromatic heterocycles. The van der Waals surface area contributed by atoms with Crippen LogP contribution >= 0.6 is 0 Å². The number of aromatic hydroxyl groups is 1. The third-order valence-electron chi connectivity index (χ3n) is 2.92. The predicted octanol–water partition coefficient (Wildman–Crippen LogP) is 2.71. The van der Waals surface area contributed by atoms with Crippen LogP contribution in [-0.4, -0.2) is 14.9 Å². The summed E-state index contributed by atoms with van der Waals surface area (Å²) in [5.74, 6) is -1.17. The highest BCUT2D eigenvalue weighted by molar-refractivity contribution is 5.44. The Morgan fingerprint density at radius 3 is 2.38 bits per heavy atom. The Kier molecular flexibility index (Phi) is 3.48. The molecule has 0 saturated carbocycles. The van der Waals surface area contributed by atoms with Gasteiger partial charge in [-0.1, -0.05) is 0 Å². The van der Waals surface area contributed by atoms with Crippen molar-refractivity contribution in [3.8, 4) is 11.4 Å². The second-order valence-electron chi connectivity index (χ2n) is 4.48. The molecule has 21 heavy (non-hydrogen) atoms. The van der Waals surface area contributed by atoms with Crippen LogP contribution in [0.2, 0.25) is 0 Å². The van der Waals surface area contributed by atoms with Gasteiger partial charge in [0.1, 0.15) is 17.3 Å². The largest absolute Gasteiger partial charge is 0.508 e.